The van der Waals surface area contributed by atoms with E-state index in [4.69, 9.17) is 4.74 Å². The fourth-order valence-electron chi connectivity index (χ4n) is 2.63. The van der Waals surface area contributed by atoms with E-state index in [9.17, 15) is 4.79 Å². The van der Waals surface area contributed by atoms with E-state index >= 15 is 0 Å². The number of morpholine rings is 1. The van der Waals surface area contributed by atoms with E-state index < -0.39 is 0 Å². The monoisotopic (exact) mass is 263 g/mol. The molecule has 1 saturated carbocycles. The standard InChI is InChI=1S/C14H21N3O2/c1-16-6-2-3-13(16)14(18)15-9-12-10-17(7-8-19-12)11-4-5-11/h2-3,6,11-12H,4-5,7-10H2,1H3,(H,15,18)/t12-/m1/s1. The van der Waals surface area contributed by atoms with Crippen LogP contribution in [-0.4, -0.2) is 53.8 Å². The lowest BCUT2D eigenvalue weighted by Gasteiger charge is -2.33. The van der Waals surface area contributed by atoms with Crippen molar-refractivity contribution in [3.8, 4) is 0 Å². The molecular formula is C14H21N3O2. The van der Waals surface area contributed by atoms with Crippen LogP contribution in [0.5, 0.6) is 0 Å². The Morgan fingerprint density at radius 3 is 3.05 bits per heavy atom. The summed E-state index contributed by atoms with van der Waals surface area (Å²) in [6, 6.07) is 4.48. The average molecular weight is 263 g/mol. The average Bonchev–Trinajstić information content (AvgIpc) is 3.19. The highest BCUT2D eigenvalue weighted by Crippen LogP contribution is 2.28. The highest BCUT2D eigenvalue weighted by atomic mass is 16.5. The second-order valence-electron chi connectivity index (χ2n) is 5.43. The molecule has 5 heteroatoms. The van der Waals surface area contributed by atoms with Crippen LogP contribution in [0.15, 0.2) is 18.3 Å². The van der Waals surface area contributed by atoms with Gasteiger partial charge in [0.05, 0.1) is 12.7 Å². The first-order chi connectivity index (χ1) is 9.24. The number of amides is 1. The molecule has 1 aromatic rings. The summed E-state index contributed by atoms with van der Waals surface area (Å²) in [7, 11) is 1.88. The third-order valence-electron chi connectivity index (χ3n) is 3.90. The molecule has 3 rings (SSSR count). The molecule has 1 aliphatic heterocycles. The third-order valence-corrected chi connectivity index (χ3v) is 3.90. The van der Waals surface area contributed by atoms with E-state index in [0.717, 1.165) is 25.7 Å². The molecule has 1 saturated heterocycles. The SMILES string of the molecule is Cn1cccc1C(=O)NC[C@@H]1CN(C2CC2)CCO1. The number of aromatic nitrogens is 1. The number of ether oxygens (including phenoxy) is 1. The zero-order chi connectivity index (χ0) is 13.2. The fraction of sp³-hybridized carbons (Fsp3) is 0.643. The maximum absolute atomic E-state index is 12.0. The van der Waals surface area contributed by atoms with Crippen molar-refractivity contribution < 1.29 is 9.53 Å². The van der Waals surface area contributed by atoms with Crippen molar-refractivity contribution >= 4 is 5.91 Å². The summed E-state index contributed by atoms with van der Waals surface area (Å²) in [5.74, 6) is -0.0281. The Morgan fingerprint density at radius 1 is 1.53 bits per heavy atom. The molecule has 1 aliphatic carbocycles. The second-order valence-corrected chi connectivity index (χ2v) is 5.43. The number of hydrogen-bond acceptors (Lipinski definition) is 3. The van der Waals surface area contributed by atoms with Crippen LogP contribution in [-0.2, 0) is 11.8 Å². The summed E-state index contributed by atoms with van der Waals surface area (Å²) < 4.78 is 7.55. The van der Waals surface area contributed by atoms with Crippen molar-refractivity contribution in [3.63, 3.8) is 0 Å². The predicted octanol–water partition coefficient (Wildman–Crippen LogP) is 0.618. The van der Waals surface area contributed by atoms with E-state index in [1.54, 1.807) is 0 Å². The van der Waals surface area contributed by atoms with Gasteiger partial charge < -0.3 is 14.6 Å². The van der Waals surface area contributed by atoms with Gasteiger partial charge in [-0.05, 0) is 25.0 Å². The number of carbonyl (C=O) groups is 1. The van der Waals surface area contributed by atoms with E-state index in [0.29, 0.717) is 12.2 Å². The number of hydrogen-bond donors (Lipinski definition) is 1. The van der Waals surface area contributed by atoms with Crippen molar-refractivity contribution in [1.29, 1.82) is 0 Å². The van der Waals surface area contributed by atoms with Gasteiger partial charge in [0.1, 0.15) is 5.69 Å². The van der Waals surface area contributed by atoms with Gasteiger partial charge in [-0.15, -0.1) is 0 Å². The van der Waals surface area contributed by atoms with Gasteiger partial charge in [-0.1, -0.05) is 0 Å². The summed E-state index contributed by atoms with van der Waals surface area (Å²) in [5, 5.41) is 2.96. The number of aryl methyl sites for hydroxylation is 1. The number of nitrogens with one attached hydrogen (secondary N) is 1. The Kier molecular flexibility index (Phi) is 3.57. The maximum atomic E-state index is 12.0. The summed E-state index contributed by atoms with van der Waals surface area (Å²) in [5.41, 5.74) is 0.690. The predicted molar refractivity (Wildman–Crippen MR) is 72.1 cm³/mol. The molecule has 5 nitrogen and oxygen atoms in total. The molecule has 0 spiro atoms. The number of nitrogens with zero attached hydrogens (tertiary/aromatic N) is 2. The van der Waals surface area contributed by atoms with E-state index in [1.165, 1.54) is 12.8 Å². The van der Waals surface area contributed by atoms with Crippen molar-refractivity contribution in [2.75, 3.05) is 26.2 Å². The minimum atomic E-state index is -0.0281. The Bertz CT molecular complexity index is 453. The molecule has 19 heavy (non-hydrogen) atoms. The molecule has 1 aromatic heterocycles. The molecular weight excluding hydrogens is 242 g/mol. The summed E-state index contributed by atoms with van der Waals surface area (Å²) in [4.78, 5) is 14.5. The first-order valence-corrected chi connectivity index (χ1v) is 6.99. The van der Waals surface area contributed by atoms with Gasteiger partial charge in [0.2, 0.25) is 0 Å². The Morgan fingerprint density at radius 2 is 2.37 bits per heavy atom. The van der Waals surface area contributed by atoms with Crippen LogP contribution in [0.1, 0.15) is 23.3 Å². The maximum Gasteiger partial charge on any atom is 0.267 e. The van der Waals surface area contributed by atoms with Crippen LogP contribution in [0, 0.1) is 0 Å². The van der Waals surface area contributed by atoms with E-state index in [1.807, 2.05) is 29.9 Å². The highest BCUT2D eigenvalue weighted by Gasteiger charge is 2.32. The quantitative estimate of drug-likeness (QED) is 0.866. The van der Waals surface area contributed by atoms with Gasteiger partial charge in [-0.3, -0.25) is 9.69 Å². The Balaban J connectivity index is 1.49. The fourth-order valence-corrected chi connectivity index (χ4v) is 2.63. The van der Waals surface area contributed by atoms with Crippen molar-refractivity contribution in [1.82, 2.24) is 14.8 Å². The molecule has 0 unspecified atom stereocenters. The lowest BCUT2D eigenvalue weighted by Crippen LogP contribution is -2.48. The van der Waals surface area contributed by atoms with E-state index in [2.05, 4.69) is 10.2 Å². The molecule has 0 aromatic carbocycles. The smallest absolute Gasteiger partial charge is 0.267 e. The van der Waals surface area contributed by atoms with Crippen molar-refractivity contribution in [2.45, 2.75) is 25.0 Å². The van der Waals surface area contributed by atoms with E-state index in [-0.39, 0.29) is 12.0 Å². The molecule has 1 amide bonds. The van der Waals surface area contributed by atoms with Gasteiger partial charge in [0.15, 0.2) is 0 Å². The van der Waals surface area contributed by atoms with Crippen LogP contribution in [0.4, 0.5) is 0 Å². The summed E-state index contributed by atoms with van der Waals surface area (Å²) in [6.45, 7) is 3.35. The minimum Gasteiger partial charge on any atom is -0.374 e. The lowest BCUT2D eigenvalue weighted by atomic mass is 10.2. The van der Waals surface area contributed by atoms with Crippen molar-refractivity contribution in [2.24, 2.45) is 7.05 Å². The second kappa shape index (κ2) is 5.35. The van der Waals surface area contributed by atoms with Gasteiger partial charge in [0.25, 0.3) is 5.91 Å². The first-order valence-electron chi connectivity index (χ1n) is 6.99. The normalized spacial score (nSPS) is 24.4. The van der Waals surface area contributed by atoms with Gasteiger partial charge in [0, 0.05) is 38.9 Å². The molecule has 2 heterocycles. The largest absolute Gasteiger partial charge is 0.374 e. The number of carbonyl (C=O) groups excluding carboxylic acids is 1. The molecule has 0 radical (unpaired) electrons. The lowest BCUT2D eigenvalue weighted by molar-refractivity contribution is -0.0293. The molecule has 2 aliphatic rings. The Labute approximate surface area is 113 Å². The molecule has 104 valence electrons. The first kappa shape index (κ1) is 12.7. The topological polar surface area (TPSA) is 46.5 Å². The number of rotatable bonds is 4. The van der Waals surface area contributed by atoms with Gasteiger partial charge >= 0.3 is 0 Å². The zero-order valence-corrected chi connectivity index (χ0v) is 11.3. The van der Waals surface area contributed by atoms with Crippen LogP contribution in [0.25, 0.3) is 0 Å². The Hall–Kier alpha value is -1.33. The van der Waals surface area contributed by atoms with Gasteiger partial charge in [-0.25, -0.2) is 0 Å². The molecule has 2 fully saturated rings. The third kappa shape index (κ3) is 2.98. The molecule has 1 atom stereocenters. The van der Waals surface area contributed by atoms with Crippen LogP contribution >= 0.6 is 0 Å². The van der Waals surface area contributed by atoms with Crippen molar-refractivity contribution in [3.05, 3.63) is 24.0 Å². The highest BCUT2D eigenvalue weighted by molar-refractivity contribution is 5.92. The molecule has 1 N–H and O–H groups in total. The summed E-state index contributed by atoms with van der Waals surface area (Å²) in [6.07, 6.45) is 4.64. The van der Waals surface area contributed by atoms with Crippen LogP contribution in [0.2, 0.25) is 0 Å². The summed E-state index contributed by atoms with van der Waals surface area (Å²) >= 11 is 0. The molecule has 0 bridgehead atoms. The zero-order valence-electron chi connectivity index (χ0n) is 11.3. The van der Waals surface area contributed by atoms with Crippen LogP contribution in [0.3, 0.4) is 0 Å². The minimum absolute atomic E-state index is 0.0281. The van der Waals surface area contributed by atoms with Crippen LogP contribution < -0.4 is 5.32 Å². The van der Waals surface area contributed by atoms with Gasteiger partial charge in [-0.2, -0.15) is 0 Å².